The molecule has 3 aromatic rings. The monoisotopic (exact) mass is 396 g/mol. The van der Waals surface area contributed by atoms with Crippen LogP contribution < -0.4 is 15.0 Å². The Morgan fingerprint density at radius 3 is 2.71 bits per heavy atom. The van der Waals surface area contributed by atoms with Crippen molar-refractivity contribution >= 4 is 39.0 Å². The maximum atomic E-state index is 13.0. The Bertz CT molecular complexity index is 1020. The Labute approximate surface area is 168 Å². The first-order valence-electron chi connectivity index (χ1n) is 9.55. The Morgan fingerprint density at radius 2 is 1.96 bits per heavy atom. The quantitative estimate of drug-likeness (QED) is 0.700. The number of ether oxygens (including phenoxy) is 1. The normalized spacial score (nSPS) is 14.3. The van der Waals surface area contributed by atoms with Gasteiger partial charge in [-0.2, -0.15) is 0 Å². The van der Waals surface area contributed by atoms with E-state index in [-0.39, 0.29) is 5.91 Å². The average Bonchev–Trinajstić information content (AvgIpc) is 3.04. The molecule has 3 heterocycles. The number of benzene rings is 1. The van der Waals surface area contributed by atoms with Crippen molar-refractivity contribution in [2.24, 2.45) is 0 Å². The van der Waals surface area contributed by atoms with E-state index in [9.17, 15) is 4.79 Å². The van der Waals surface area contributed by atoms with E-state index in [1.165, 1.54) is 30.6 Å². The lowest BCUT2D eigenvalue weighted by molar-refractivity contribution is 0.103. The van der Waals surface area contributed by atoms with Gasteiger partial charge in [0.15, 0.2) is 0 Å². The van der Waals surface area contributed by atoms with Crippen molar-refractivity contribution in [2.75, 3.05) is 30.4 Å². The summed E-state index contributed by atoms with van der Waals surface area (Å²) in [5.74, 6) is 2.29. The van der Waals surface area contributed by atoms with Crippen LogP contribution in [0.4, 0.5) is 11.5 Å². The van der Waals surface area contributed by atoms with Gasteiger partial charge < -0.3 is 15.0 Å². The lowest BCUT2D eigenvalue weighted by Crippen LogP contribution is -2.30. The third-order valence-electron chi connectivity index (χ3n) is 5.07. The van der Waals surface area contributed by atoms with Crippen LogP contribution in [0.5, 0.6) is 5.75 Å². The van der Waals surface area contributed by atoms with E-state index in [1.54, 1.807) is 7.11 Å². The highest BCUT2D eigenvalue weighted by Crippen LogP contribution is 2.36. The molecule has 1 aliphatic heterocycles. The highest BCUT2D eigenvalue weighted by molar-refractivity contribution is 7.20. The summed E-state index contributed by atoms with van der Waals surface area (Å²) in [6.07, 6.45) is 3.62. The Morgan fingerprint density at radius 1 is 1.18 bits per heavy atom. The number of aryl methyl sites for hydroxylation is 2. The number of fused-ring (bicyclic) bond motifs is 1. The van der Waals surface area contributed by atoms with Crippen LogP contribution in [0.1, 0.15) is 40.3 Å². The minimum absolute atomic E-state index is 0.129. The van der Waals surface area contributed by atoms with E-state index in [2.05, 4.69) is 15.2 Å². The molecule has 0 spiro atoms. The van der Waals surface area contributed by atoms with E-state index >= 15 is 0 Å². The fourth-order valence-electron chi connectivity index (χ4n) is 3.66. The van der Waals surface area contributed by atoms with E-state index in [0.29, 0.717) is 16.3 Å². The lowest BCUT2D eigenvalue weighted by Gasteiger charge is -2.28. The molecule has 1 saturated heterocycles. The third kappa shape index (κ3) is 3.54. The van der Waals surface area contributed by atoms with Gasteiger partial charge in [-0.15, -0.1) is 11.3 Å². The van der Waals surface area contributed by atoms with Gasteiger partial charge in [-0.25, -0.2) is 9.97 Å². The summed E-state index contributed by atoms with van der Waals surface area (Å²) >= 11 is 1.43. The zero-order valence-electron chi connectivity index (χ0n) is 16.4. The first-order chi connectivity index (χ1) is 13.6. The first-order valence-corrected chi connectivity index (χ1v) is 10.4. The number of methoxy groups -OCH3 is 1. The van der Waals surface area contributed by atoms with Gasteiger partial charge in [0.1, 0.15) is 22.2 Å². The summed E-state index contributed by atoms with van der Waals surface area (Å²) in [5, 5.41) is 3.99. The predicted octanol–water partition coefficient (Wildman–Crippen LogP) is 4.56. The van der Waals surface area contributed by atoms with Crippen LogP contribution in [0.3, 0.4) is 0 Å². The minimum atomic E-state index is -0.129. The van der Waals surface area contributed by atoms with E-state index in [0.717, 1.165) is 40.5 Å². The van der Waals surface area contributed by atoms with Crippen LogP contribution in [0.25, 0.3) is 10.2 Å². The van der Waals surface area contributed by atoms with Gasteiger partial charge in [0.05, 0.1) is 17.4 Å². The highest BCUT2D eigenvalue weighted by atomic mass is 32.1. The van der Waals surface area contributed by atoms with Gasteiger partial charge in [-0.05, 0) is 50.8 Å². The zero-order valence-corrected chi connectivity index (χ0v) is 17.2. The Balaban J connectivity index is 1.71. The topological polar surface area (TPSA) is 67.3 Å². The molecule has 146 valence electrons. The number of carbonyl (C=O) groups excluding carboxylic acids is 1. The molecule has 28 heavy (non-hydrogen) atoms. The molecule has 2 aromatic heterocycles. The number of aromatic nitrogens is 2. The standard InChI is InChI=1S/C21H24N4O2S/c1-13-17-19(25-10-5-4-6-11-25)22-14(2)23-21(17)28-18(13)20(26)24-15-8-7-9-16(12-15)27-3/h7-9,12H,4-6,10-11H2,1-3H3,(H,24,26). The molecule has 1 amide bonds. The second kappa shape index (κ2) is 7.75. The van der Waals surface area contributed by atoms with Gasteiger partial charge in [0.2, 0.25) is 0 Å². The van der Waals surface area contributed by atoms with Crippen LogP contribution in [0, 0.1) is 13.8 Å². The van der Waals surface area contributed by atoms with Gasteiger partial charge in [-0.1, -0.05) is 6.07 Å². The molecule has 0 unspecified atom stereocenters. The van der Waals surface area contributed by atoms with Gasteiger partial charge in [-0.3, -0.25) is 4.79 Å². The van der Waals surface area contributed by atoms with Crippen molar-refractivity contribution < 1.29 is 9.53 Å². The second-order valence-corrected chi connectivity index (χ2v) is 8.06. The maximum absolute atomic E-state index is 13.0. The molecule has 0 bridgehead atoms. The van der Waals surface area contributed by atoms with Crippen LogP contribution >= 0.6 is 11.3 Å². The Kier molecular flexibility index (Phi) is 5.17. The van der Waals surface area contributed by atoms with Gasteiger partial charge in [0.25, 0.3) is 5.91 Å². The molecule has 1 fully saturated rings. The Hall–Kier alpha value is -2.67. The highest BCUT2D eigenvalue weighted by Gasteiger charge is 2.23. The van der Waals surface area contributed by atoms with Crippen molar-refractivity contribution in [2.45, 2.75) is 33.1 Å². The fraction of sp³-hybridized carbons (Fsp3) is 0.381. The van der Waals surface area contributed by atoms with Crippen molar-refractivity contribution in [3.05, 3.63) is 40.5 Å². The smallest absolute Gasteiger partial charge is 0.266 e. The van der Waals surface area contributed by atoms with Crippen molar-refractivity contribution in [1.82, 2.24) is 9.97 Å². The molecule has 6 nitrogen and oxygen atoms in total. The second-order valence-electron chi connectivity index (χ2n) is 7.06. The maximum Gasteiger partial charge on any atom is 0.266 e. The zero-order chi connectivity index (χ0) is 19.7. The fourth-order valence-corrected chi connectivity index (χ4v) is 4.78. The molecule has 0 radical (unpaired) electrons. The largest absolute Gasteiger partial charge is 0.497 e. The number of hydrogen-bond donors (Lipinski definition) is 1. The summed E-state index contributed by atoms with van der Waals surface area (Å²) in [6, 6.07) is 7.37. The lowest BCUT2D eigenvalue weighted by atomic mass is 10.1. The number of nitrogens with zero attached hydrogens (tertiary/aromatic N) is 3. The summed E-state index contributed by atoms with van der Waals surface area (Å²) in [7, 11) is 1.61. The summed E-state index contributed by atoms with van der Waals surface area (Å²) in [6.45, 7) is 5.92. The van der Waals surface area contributed by atoms with Crippen LogP contribution in [0.2, 0.25) is 0 Å². The van der Waals surface area contributed by atoms with Crippen LogP contribution in [0.15, 0.2) is 24.3 Å². The van der Waals surface area contributed by atoms with Crippen LogP contribution in [-0.2, 0) is 0 Å². The molecule has 7 heteroatoms. The molecule has 0 aliphatic carbocycles. The number of piperidine rings is 1. The number of anilines is 2. The van der Waals surface area contributed by atoms with E-state index in [4.69, 9.17) is 9.72 Å². The first kappa shape index (κ1) is 18.7. The molecule has 1 aromatic carbocycles. The third-order valence-corrected chi connectivity index (χ3v) is 6.26. The van der Waals surface area contributed by atoms with Crippen LogP contribution in [-0.4, -0.2) is 36.1 Å². The van der Waals surface area contributed by atoms with Crippen molar-refractivity contribution in [3.63, 3.8) is 0 Å². The summed E-state index contributed by atoms with van der Waals surface area (Å²) in [5.41, 5.74) is 1.65. The molecular formula is C21H24N4O2S. The number of thiophene rings is 1. The number of carbonyl (C=O) groups is 1. The van der Waals surface area contributed by atoms with Crippen molar-refractivity contribution in [1.29, 1.82) is 0 Å². The molecule has 4 rings (SSSR count). The number of rotatable bonds is 4. The molecule has 0 atom stereocenters. The van der Waals surface area contributed by atoms with E-state index < -0.39 is 0 Å². The molecular weight excluding hydrogens is 372 g/mol. The number of amides is 1. The van der Waals surface area contributed by atoms with Gasteiger partial charge >= 0.3 is 0 Å². The number of nitrogens with one attached hydrogen (secondary N) is 1. The molecule has 1 aliphatic rings. The predicted molar refractivity (Wildman–Crippen MR) is 114 cm³/mol. The minimum Gasteiger partial charge on any atom is -0.497 e. The number of hydrogen-bond acceptors (Lipinski definition) is 6. The van der Waals surface area contributed by atoms with Gasteiger partial charge in [0, 0.05) is 24.8 Å². The van der Waals surface area contributed by atoms with E-state index in [1.807, 2.05) is 38.1 Å². The summed E-state index contributed by atoms with van der Waals surface area (Å²) in [4.78, 5) is 26.2. The average molecular weight is 397 g/mol. The summed E-state index contributed by atoms with van der Waals surface area (Å²) < 4.78 is 5.24. The molecule has 0 saturated carbocycles. The van der Waals surface area contributed by atoms with Crippen molar-refractivity contribution in [3.8, 4) is 5.75 Å². The molecule has 1 N–H and O–H groups in total. The SMILES string of the molecule is COc1cccc(NC(=O)c2sc3nc(C)nc(N4CCCCC4)c3c2C)c1.